The molecule has 4 rings (SSSR count). The molecule has 3 aromatic rings. The Hall–Kier alpha value is -4.05. The van der Waals surface area contributed by atoms with Gasteiger partial charge in [0, 0.05) is 12.6 Å². The summed E-state index contributed by atoms with van der Waals surface area (Å²) in [5.74, 6) is 0.0206. The number of nitrogens with zero attached hydrogens (tertiary/aromatic N) is 2. The molecule has 1 aliphatic carbocycles. The van der Waals surface area contributed by atoms with E-state index in [-0.39, 0.29) is 29.1 Å². The molecule has 9 nitrogen and oxygen atoms in total. The highest BCUT2D eigenvalue weighted by molar-refractivity contribution is 7.92. The number of nitrogens with one attached hydrogen (secondary N) is 1. The van der Waals surface area contributed by atoms with E-state index >= 15 is 0 Å². The number of sulfonamides is 1. The molecule has 0 bridgehead atoms. The van der Waals surface area contributed by atoms with Crippen LogP contribution in [-0.2, 0) is 26.2 Å². The lowest BCUT2D eigenvalue weighted by Crippen LogP contribution is -2.53. The topological polar surface area (TPSA) is 105 Å². The van der Waals surface area contributed by atoms with Crippen molar-refractivity contribution in [1.82, 2.24) is 10.2 Å². The molecule has 0 aromatic heterocycles. The molecule has 0 aliphatic heterocycles. The predicted molar refractivity (Wildman–Crippen MR) is 167 cm³/mol. The molecule has 10 heteroatoms. The number of carbonyl (C=O) groups excluding carboxylic acids is 2. The Morgan fingerprint density at radius 1 is 0.930 bits per heavy atom. The smallest absolute Gasteiger partial charge is 0.264 e. The normalized spacial score (nSPS) is 14.4. The van der Waals surface area contributed by atoms with Crippen molar-refractivity contribution in [2.45, 2.75) is 69.5 Å². The van der Waals surface area contributed by atoms with Crippen LogP contribution in [0.3, 0.4) is 0 Å². The summed E-state index contributed by atoms with van der Waals surface area (Å²) in [7, 11) is -1.30. The van der Waals surface area contributed by atoms with Crippen molar-refractivity contribution < 1.29 is 27.5 Å². The monoisotopic (exact) mass is 607 g/mol. The third-order valence-corrected chi connectivity index (χ3v) is 9.61. The SMILES string of the molecule is COc1ccc(S(=O)(=O)N(CC(=O)N(Cc2cccc(C)c2)[C@@H](C)C(=O)NC2CCCCC2)c2ccccc2OC)cc1. The predicted octanol–water partition coefficient (Wildman–Crippen LogP) is 5.07. The second kappa shape index (κ2) is 14.4. The molecule has 3 aromatic carbocycles. The minimum Gasteiger partial charge on any atom is -0.497 e. The Kier molecular flexibility index (Phi) is 10.7. The average molecular weight is 608 g/mol. The first kappa shape index (κ1) is 31.9. The summed E-state index contributed by atoms with van der Waals surface area (Å²) in [6.07, 6.45) is 5.09. The van der Waals surface area contributed by atoms with Crippen molar-refractivity contribution in [2.24, 2.45) is 0 Å². The molecule has 1 saturated carbocycles. The zero-order chi connectivity index (χ0) is 31.0. The summed E-state index contributed by atoms with van der Waals surface area (Å²) in [4.78, 5) is 29.1. The number of rotatable bonds is 12. The van der Waals surface area contributed by atoms with Crippen molar-refractivity contribution in [3.8, 4) is 11.5 Å². The molecule has 1 fully saturated rings. The lowest BCUT2D eigenvalue weighted by atomic mass is 9.95. The summed E-state index contributed by atoms with van der Waals surface area (Å²) in [6, 6.07) is 19.6. The molecular weight excluding hydrogens is 566 g/mol. The Morgan fingerprint density at radius 3 is 2.28 bits per heavy atom. The van der Waals surface area contributed by atoms with Gasteiger partial charge < -0.3 is 19.7 Å². The van der Waals surface area contributed by atoms with Gasteiger partial charge in [-0.05, 0) is 68.7 Å². The van der Waals surface area contributed by atoms with Gasteiger partial charge in [-0.25, -0.2) is 8.42 Å². The number of benzene rings is 3. The summed E-state index contributed by atoms with van der Waals surface area (Å²) in [5.41, 5.74) is 2.07. The largest absolute Gasteiger partial charge is 0.497 e. The first-order chi connectivity index (χ1) is 20.6. The molecule has 0 heterocycles. The number of methoxy groups -OCH3 is 2. The van der Waals surface area contributed by atoms with Gasteiger partial charge in [0.05, 0.1) is 24.8 Å². The number of hydrogen-bond donors (Lipinski definition) is 1. The van der Waals surface area contributed by atoms with Gasteiger partial charge in [0.15, 0.2) is 0 Å². The van der Waals surface area contributed by atoms with Crippen molar-refractivity contribution in [1.29, 1.82) is 0 Å². The molecule has 1 atom stereocenters. The summed E-state index contributed by atoms with van der Waals surface area (Å²) >= 11 is 0. The molecule has 1 aliphatic rings. The maximum atomic E-state index is 14.2. The van der Waals surface area contributed by atoms with E-state index in [1.807, 2.05) is 31.2 Å². The summed E-state index contributed by atoms with van der Waals surface area (Å²) < 4.78 is 40.0. The molecule has 43 heavy (non-hydrogen) atoms. The van der Waals surface area contributed by atoms with Crippen molar-refractivity contribution in [3.63, 3.8) is 0 Å². The minimum absolute atomic E-state index is 0.0136. The van der Waals surface area contributed by atoms with E-state index in [2.05, 4.69) is 5.32 Å². The van der Waals surface area contributed by atoms with E-state index in [0.29, 0.717) is 11.5 Å². The van der Waals surface area contributed by atoms with Crippen LogP contribution in [0.15, 0.2) is 77.7 Å². The summed E-state index contributed by atoms with van der Waals surface area (Å²) in [5, 5.41) is 3.12. The van der Waals surface area contributed by atoms with E-state index < -0.39 is 28.5 Å². The zero-order valence-corrected chi connectivity index (χ0v) is 26.1. The van der Waals surface area contributed by atoms with Crippen molar-refractivity contribution >= 4 is 27.5 Å². The van der Waals surface area contributed by atoms with Gasteiger partial charge in [-0.3, -0.25) is 13.9 Å². The van der Waals surface area contributed by atoms with Gasteiger partial charge in [0.2, 0.25) is 11.8 Å². The van der Waals surface area contributed by atoms with Gasteiger partial charge in [-0.2, -0.15) is 0 Å². The number of carbonyl (C=O) groups is 2. The molecule has 230 valence electrons. The number of aryl methyl sites for hydroxylation is 1. The molecule has 2 amide bonds. The Labute approximate surface area is 254 Å². The van der Waals surface area contributed by atoms with Gasteiger partial charge in [0.1, 0.15) is 24.1 Å². The van der Waals surface area contributed by atoms with Crippen LogP contribution in [-0.4, -0.2) is 58.0 Å². The standard InChI is InChI=1S/C33H41N3O6S/c1-24-11-10-12-26(21-24)22-35(25(2)33(38)34-27-13-6-5-7-14-27)32(37)23-36(30-15-8-9-16-31(30)42-4)43(39,40)29-19-17-28(41-3)18-20-29/h8-12,15-21,25,27H,5-7,13-14,22-23H2,1-4H3,(H,34,38)/t25-/m0/s1. The molecule has 0 spiro atoms. The van der Waals surface area contributed by atoms with E-state index in [1.54, 1.807) is 43.3 Å². The maximum Gasteiger partial charge on any atom is 0.264 e. The van der Waals surface area contributed by atoms with Crippen LogP contribution in [0.2, 0.25) is 0 Å². The fourth-order valence-electron chi connectivity index (χ4n) is 5.38. The number of anilines is 1. The van der Waals surface area contributed by atoms with Gasteiger partial charge >= 0.3 is 0 Å². The van der Waals surface area contributed by atoms with Crippen LogP contribution in [0.4, 0.5) is 5.69 Å². The second-order valence-corrected chi connectivity index (χ2v) is 12.8. The number of para-hydroxylation sites is 2. The number of hydrogen-bond acceptors (Lipinski definition) is 6. The highest BCUT2D eigenvalue weighted by Crippen LogP contribution is 2.33. The third kappa shape index (κ3) is 7.87. The minimum atomic E-state index is -4.24. The lowest BCUT2D eigenvalue weighted by Gasteiger charge is -2.33. The van der Waals surface area contributed by atoms with E-state index in [4.69, 9.17) is 9.47 Å². The quantitative estimate of drug-likeness (QED) is 0.308. The molecule has 0 unspecified atom stereocenters. The molecule has 1 N–H and O–H groups in total. The Balaban J connectivity index is 1.71. The zero-order valence-electron chi connectivity index (χ0n) is 25.3. The fraction of sp³-hybridized carbons (Fsp3) is 0.394. The number of amides is 2. The summed E-state index contributed by atoms with van der Waals surface area (Å²) in [6.45, 7) is 3.25. The van der Waals surface area contributed by atoms with E-state index in [0.717, 1.165) is 47.5 Å². The number of ether oxygens (including phenoxy) is 2. The van der Waals surface area contributed by atoms with Crippen LogP contribution in [0.25, 0.3) is 0 Å². The van der Waals surface area contributed by atoms with E-state index in [1.165, 1.54) is 31.3 Å². The molecule has 0 radical (unpaired) electrons. The van der Waals surface area contributed by atoms with Gasteiger partial charge in [0.25, 0.3) is 10.0 Å². The van der Waals surface area contributed by atoms with Gasteiger partial charge in [-0.15, -0.1) is 0 Å². The lowest BCUT2D eigenvalue weighted by molar-refractivity contribution is -0.139. The highest BCUT2D eigenvalue weighted by Gasteiger charge is 2.34. The molecule has 0 saturated heterocycles. The average Bonchev–Trinajstić information content (AvgIpc) is 3.02. The Bertz CT molecular complexity index is 1500. The Morgan fingerprint density at radius 2 is 1.63 bits per heavy atom. The van der Waals surface area contributed by atoms with Crippen LogP contribution >= 0.6 is 0 Å². The van der Waals surface area contributed by atoms with Crippen LogP contribution < -0.4 is 19.1 Å². The highest BCUT2D eigenvalue weighted by atomic mass is 32.2. The second-order valence-electron chi connectivity index (χ2n) is 10.9. The van der Waals surface area contributed by atoms with Crippen LogP contribution in [0.5, 0.6) is 11.5 Å². The van der Waals surface area contributed by atoms with Crippen molar-refractivity contribution in [3.05, 3.63) is 83.9 Å². The van der Waals surface area contributed by atoms with Crippen LogP contribution in [0.1, 0.15) is 50.2 Å². The molecular formula is C33H41N3O6S. The first-order valence-corrected chi connectivity index (χ1v) is 16.0. The fourth-order valence-corrected chi connectivity index (χ4v) is 6.81. The first-order valence-electron chi connectivity index (χ1n) is 14.6. The van der Waals surface area contributed by atoms with Gasteiger partial charge in [-0.1, -0.05) is 61.2 Å². The van der Waals surface area contributed by atoms with Crippen LogP contribution in [0, 0.1) is 6.92 Å². The third-order valence-electron chi connectivity index (χ3n) is 7.83. The van der Waals surface area contributed by atoms with E-state index in [9.17, 15) is 18.0 Å². The maximum absolute atomic E-state index is 14.2. The van der Waals surface area contributed by atoms with Crippen molar-refractivity contribution in [2.75, 3.05) is 25.1 Å².